The summed E-state index contributed by atoms with van der Waals surface area (Å²) in [5.41, 5.74) is 1.01. The van der Waals surface area contributed by atoms with E-state index in [1.54, 1.807) is 13.2 Å². The number of benzene rings is 1. The van der Waals surface area contributed by atoms with Crippen LogP contribution in [0, 0.1) is 6.92 Å². The molecule has 0 aliphatic carbocycles. The standard InChI is InChI=1S/C14H13NO3S/c1-9-7-13(12(8-15-9)14(16)17)19-11-5-3-10(18-2)4-6-11/h3-8H,1-2H3,(H,16,17). The highest BCUT2D eigenvalue weighted by atomic mass is 32.2. The quantitative estimate of drug-likeness (QED) is 0.928. The number of aromatic nitrogens is 1. The molecule has 1 aromatic carbocycles. The Bertz CT molecular complexity index is 596. The number of hydrogen-bond donors (Lipinski definition) is 1. The van der Waals surface area contributed by atoms with Crippen molar-refractivity contribution in [1.29, 1.82) is 0 Å². The minimum Gasteiger partial charge on any atom is -0.497 e. The molecule has 0 amide bonds. The zero-order valence-electron chi connectivity index (χ0n) is 10.6. The van der Waals surface area contributed by atoms with E-state index in [1.807, 2.05) is 31.2 Å². The van der Waals surface area contributed by atoms with Gasteiger partial charge in [-0.15, -0.1) is 0 Å². The molecule has 2 rings (SSSR count). The van der Waals surface area contributed by atoms with Crippen LogP contribution in [0.15, 0.2) is 46.3 Å². The predicted octanol–water partition coefficient (Wildman–Crippen LogP) is 3.25. The first-order chi connectivity index (χ1) is 9.10. The number of methoxy groups -OCH3 is 1. The lowest BCUT2D eigenvalue weighted by molar-refractivity contribution is 0.0692. The number of ether oxygens (including phenoxy) is 1. The summed E-state index contributed by atoms with van der Waals surface area (Å²) in [5.74, 6) is -0.197. The van der Waals surface area contributed by atoms with E-state index in [-0.39, 0.29) is 5.56 Å². The summed E-state index contributed by atoms with van der Waals surface area (Å²) >= 11 is 1.40. The molecule has 0 unspecified atom stereocenters. The van der Waals surface area contributed by atoms with E-state index in [4.69, 9.17) is 9.84 Å². The summed E-state index contributed by atoms with van der Waals surface area (Å²) in [4.78, 5) is 16.8. The van der Waals surface area contributed by atoms with E-state index in [9.17, 15) is 4.79 Å². The van der Waals surface area contributed by atoms with Crippen LogP contribution in [0.25, 0.3) is 0 Å². The van der Waals surface area contributed by atoms with Gasteiger partial charge < -0.3 is 9.84 Å². The Balaban J connectivity index is 2.31. The highest BCUT2D eigenvalue weighted by Crippen LogP contribution is 2.31. The summed E-state index contributed by atoms with van der Waals surface area (Å²) < 4.78 is 5.09. The van der Waals surface area contributed by atoms with Crippen molar-refractivity contribution >= 4 is 17.7 Å². The Labute approximate surface area is 115 Å². The number of nitrogens with zero attached hydrogens (tertiary/aromatic N) is 1. The van der Waals surface area contributed by atoms with Crippen LogP contribution in [0.3, 0.4) is 0 Å². The van der Waals surface area contributed by atoms with Crippen molar-refractivity contribution in [2.75, 3.05) is 7.11 Å². The first kappa shape index (κ1) is 13.4. The number of rotatable bonds is 4. The van der Waals surface area contributed by atoms with Gasteiger partial charge in [0, 0.05) is 21.7 Å². The lowest BCUT2D eigenvalue weighted by Crippen LogP contribution is -2.00. The molecular formula is C14H13NO3S. The number of hydrogen-bond acceptors (Lipinski definition) is 4. The first-order valence-corrected chi connectivity index (χ1v) is 6.43. The second-order valence-corrected chi connectivity index (χ2v) is 5.02. The fraction of sp³-hybridized carbons (Fsp3) is 0.143. The lowest BCUT2D eigenvalue weighted by atomic mass is 10.2. The van der Waals surface area contributed by atoms with Gasteiger partial charge in [0.05, 0.1) is 12.7 Å². The van der Waals surface area contributed by atoms with Gasteiger partial charge in [0.1, 0.15) is 5.75 Å². The Hall–Kier alpha value is -2.01. The zero-order chi connectivity index (χ0) is 13.8. The number of aryl methyl sites for hydroxylation is 1. The van der Waals surface area contributed by atoms with E-state index in [0.29, 0.717) is 4.90 Å². The van der Waals surface area contributed by atoms with Gasteiger partial charge in [-0.25, -0.2) is 4.79 Å². The van der Waals surface area contributed by atoms with Gasteiger partial charge in [0.15, 0.2) is 0 Å². The van der Waals surface area contributed by atoms with Crippen molar-refractivity contribution in [3.63, 3.8) is 0 Å². The largest absolute Gasteiger partial charge is 0.497 e. The molecule has 98 valence electrons. The van der Waals surface area contributed by atoms with E-state index in [2.05, 4.69) is 4.98 Å². The van der Waals surface area contributed by atoms with Crippen molar-refractivity contribution in [3.8, 4) is 5.75 Å². The van der Waals surface area contributed by atoms with Crippen molar-refractivity contribution in [2.45, 2.75) is 16.7 Å². The fourth-order valence-electron chi connectivity index (χ4n) is 1.55. The minimum absolute atomic E-state index is 0.214. The van der Waals surface area contributed by atoms with E-state index in [0.717, 1.165) is 16.3 Å². The number of carbonyl (C=O) groups is 1. The molecule has 0 atom stereocenters. The second kappa shape index (κ2) is 5.75. The van der Waals surface area contributed by atoms with Crippen LogP contribution in [-0.2, 0) is 0 Å². The molecule has 0 radical (unpaired) electrons. The lowest BCUT2D eigenvalue weighted by Gasteiger charge is -2.07. The molecule has 0 spiro atoms. The average molecular weight is 275 g/mol. The summed E-state index contributed by atoms with van der Waals surface area (Å²) in [5, 5.41) is 9.14. The molecular weight excluding hydrogens is 262 g/mol. The van der Waals surface area contributed by atoms with Crippen LogP contribution in [-0.4, -0.2) is 23.2 Å². The van der Waals surface area contributed by atoms with Crippen LogP contribution in [0.2, 0.25) is 0 Å². The zero-order valence-corrected chi connectivity index (χ0v) is 11.4. The predicted molar refractivity (Wildman–Crippen MR) is 73.1 cm³/mol. The number of aromatic carboxylic acids is 1. The van der Waals surface area contributed by atoms with Gasteiger partial charge in [-0.1, -0.05) is 11.8 Å². The molecule has 0 aliphatic rings. The fourth-order valence-corrected chi connectivity index (χ4v) is 2.56. The van der Waals surface area contributed by atoms with E-state index in [1.165, 1.54) is 18.0 Å². The average Bonchev–Trinajstić information content (AvgIpc) is 2.39. The van der Waals surface area contributed by atoms with Crippen molar-refractivity contribution in [3.05, 3.63) is 47.8 Å². The normalized spacial score (nSPS) is 10.2. The van der Waals surface area contributed by atoms with Gasteiger partial charge in [-0.3, -0.25) is 4.98 Å². The minimum atomic E-state index is -0.969. The monoisotopic (exact) mass is 275 g/mol. The third-order valence-corrected chi connectivity index (χ3v) is 3.59. The van der Waals surface area contributed by atoms with Crippen molar-refractivity contribution in [2.24, 2.45) is 0 Å². The Kier molecular flexibility index (Phi) is 4.06. The summed E-state index contributed by atoms with van der Waals surface area (Å²) in [6.07, 6.45) is 1.39. The van der Waals surface area contributed by atoms with Crippen LogP contribution in [0.4, 0.5) is 0 Å². The van der Waals surface area contributed by atoms with Gasteiger partial charge >= 0.3 is 5.97 Å². The van der Waals surface area contributed by atoms with Crippen LogP contribution < -0.4 is 4.74 Å². The maximum atomic E-state index is 11.2. The molecule has 0 saturated heterocycles. The summed E-state index contributed by atoms with van der Waals surface area (Å²) in [6, 6.07) is 9.25. The SMILES string of the molecule is COc1ccc(Sc2cc(C)ncc2C(=O)O)cc1. The number of pyridine rings is 1. The number of carboxylic acid groups (broad SMARTS) is 1. The molecule has 2 aromatic rings. The molecule has 1 N–H and O–H groups in total. The maximum Gasteiger partial charge on any atom is 0.338 e. The van der Waals surface area contributed by atoms with E-state index < -0.39 is 5.97 Å². The molecule has 19 heavy (non-hydrogen) atoms. The Morgan fingerprint density at radius 1 is 1.32 bits per heavy atom. The topological polar surface area (TPSA) is 59.4 Å². The van der Waals surface area contributed by atoms with Gasteiger partial charge in [-0.2, -0.15) is 0 Å². The smallest absolute Gasteiger partial charge is 0.338 e. The molecule has 0 bridgehead atoms. The second-order valence-electron chi connectivity index (χ2n) is 3.90. The number of carboxylic acids is 1. The highest BCUT2D eigenvalue weighted by Gasteiger charge is 2.12. The Morgan fingerprint density at radius 3 is 2.58 bits per heavy atom. The van der Waals surface area contributed by atoms with Crippen LogP contribution >= 0.6 is 11.8 Å². The summed E-state index contributed by atoms with van der Waals surface area (Å²) in [6.45, 7) is 1.84. The third kappa shape index (κ3) is 3.26. The van der Waals surface area contributed by atoms with Crippen LogP contribution in [0.1, 0.15) is 16.1 Å². The molecule has 4 nitrogen and oxygen atoms in total. The first-order valence-electron chi connectivity index (χ1n) is 5.62. The van der Waals surface area contributed by atoms with Crippen molar-refractivity contribution in [1.82, 2.24) is 4.98 Å². The van der Waals surface area contributed by atoms with Gasteiger partial charge in [-0.05, 0) is 37.3 Å². The Morgan fingerprint density at radius 2 is 2.00 bits per heavy atom. The molecule has 0 aliphatic heterocycles. The van der Waals surface area contributed by atoms with Crippen LogP contribution in [0.5, 0.6) is 5.75 Å². The molecule has 1 aromatic heterocycles. The summed E-state index contributed by atoms with van der Waals surface area (Å²) in [7, 11) is 1.61. The third-order valence-electron chi connectivity index (χ3n) is 2.52. The van der Waals surface area contributed by atoms with Gasteiger partial charge in [0.25, 0.3) is 0 Å². The molecule has 1 heterocycles. The molecule has 5 heteroatoms. The van der Waals surface area contributed by atoms with E-state index >= 15 is 0 Å². The molecule has 0 saturated carbocycles. The van der Waals surface area contributed by atoms with Gasteiger partial charge in [0.2, 0.25) is 0 Å². The van der Waals surface area contributed by atoms with Crippen molar-refractivity contribution < 1.29 is 14.6 Å². The maximum absolute atomic E-state index is 11.2. The molecule has 0 fully saturated rings. The highest BCUT2D eigenvalue weighted by molar-refractivity contribution is 7.99.